The lowest BCUT2D eigenvalue weighted by molar-refractivity contribution is 0.173. The molecule has 138 valence electrons. The minimum Gasteiger partial charge on any atom is -0.454 e. The predicted molar refractivity (Wildman–Crippen MR) is 103 cm³/mol. The second-order valence-electron chi connectivity index (χ2n) is 6.97. The Kier molecular flexibility index (Phi) is 5.55. The van der Waals surface area contributed by atoms with Crippen molar-refractivity contribution in [2.75, 3.05) is 37.9 Å². The van der Waals surface area contributed by atoms with Crippen molar-refractivity contribution < 1.29 is 9.47 Å². The standard InChI is InChI=1S/C21H27N3O2/c1-2-13-24(14-3-1)20-15-17(8-12-23-20)7-10-22-11-9-18-5-4-6-19-21(18)26-16-25-19/h4-6,8,12,15,22H,1-3,7,9-11,13-14,16H2. The number of hydrogen-bond donors (Lipinski definition) is 1. The smallest absolute Gasteiger partial charge is 0.231 e. The van der Waals surface area contributed by atoms with Crippen LogP contribution in [0.25, 0.3) is 0 Å². The molecule has 0 atom stereocenters. The predicted octanol–water partition coefficient (Wildman–Crippen LogP) is 3.18. The highest BCUT2D eigenvalue weighted by atomic mass is 16.7. The molecule has 3 heterocycles. The summed E-state index contributed by atoms with van der Waals surface area (Å²) in [6, 6.07) is 10.5. The summed E-state index contributed by atoms with van der Waals surface area (Å²) >= 11 is 0. The van der Waals surface area contributed by atoms with Gasteiger partial charge < -0.3 is 19.7 Å². The lowest BCUT2D eigenvalue weighted by atomic mass is 10.1. The van der Waals surface area contributed by atoms with Crippen LogP contribution in [0.2, 0.25) is 0 Å². The SMILES string of the molecule is c1cc(CCNCCc2ccnc(N3CCCCC3)c2)c2c(c1)OCO2. The highest BCUT2D eigenvalue weighted by Gasteiger charge is 2.16. The van der Waals surface area contributed by atoms with Gasteiger partial charge in [-0.1, -0.05) is 12.1 Å². The van der Waals surface area contributed by atoms with E-state index in [-0.39, 0.29) is 0 Å². The molecule has 5 heteroatoms. The Balaban J connectivity index is 1.23. The molecule has 1 aromatic carbocycles. The molecule has 26 heavy (non-hydrogen) atoms. The van der Waals surface area contributed by atoms with Gasteiger partial charge in [-0.25, -0.2) is 4.98 Å². The topological polar surface area (TPSA) is 46.6 Å². The van der Waals surface area contributed by atoms with Crippen LogP contribution in [0.1, 0.15) is 30.4 Å². The van der Waals surface area contributed by atoms with Crippen LogP contribution in [0, 0.1) is 0 Å². The van der Waals surface area contributed by atoms with Gasteiger partial charge in [0.05, 0.1) is 0 Å². The van der Waals surface area contributed by atoms with Gasteiger partial charge >= 0.3 is 0 Å². The monoisotopic (exact) mass is 353 g/mol. The number of piperidine rings is 1. The van der Waals surface area contributed by atoms with E-state index in [0.29, 0.717) is 6.79 Å². The molecule has 1 fully saturated rings. The van der Waals surface area contributed by atoms with E-state index in [1.807, 2.05) is 18.3 Å². The fraction of sp³-hybridized carbons (Fsp3) is 0.476. The molecule has 4 rings (SSSR count). The Bertz CT molecular complexity index is 729. The molecular formula is C21H27N3O2. The average molecular weight is 353 g/mol. The van der Waals surface area contributed by atoms with Crippen LogP contribution in [0.5, 0.6) is 11.5 Å². The van der Waals surface area contributed by atoms with Crippen molar-refractivity contribution in [2.45, 2.75) is 32.1 Å². The molecule has 2 aliphatic rings. The summed E-state index contributed by atoms with van der Waals surface area (Å²) < 4.78 is 11.0. The highest BCUT2D eigenvalue weighted by Crippen LogP contribution is 2.35. The maximum absolute atomic E-state index is 5.57. The van der Waals surface area contributed by atoms with Crippen LogP contribution in [0.15, 0.2) is 36.5 Å². The van der Waals surface area contributed by atoms with E-state index >= 15 is 0 Å². The largest absolute Gasteiger partial charge is 0.454 e. The molecule has 0 aliphatic carbocycles. The molecule has 1 aromatic heterocycles. The van der Waals surface area contributed by atoms with E-state index in [0.717, 1.165) is 56.3 Å². The normalized spacial score (nSPS) is 16.1. The Morgan fingerprint density at radius 2 is 1.88 bits per heavy atom. The van der Waals surface area contributed by atoms with E-state index in [1.165, 1.54) is 30.4 Å². The van der Waals surface area contributed by atoms with E-state index in [1.54, 1.807) is 0 Å². The number of aromatic nitrogens is 1. The molecule has 2 aliphatic heterocycles. The quantitative estimate of drug-likeness (QED) is 0.775. The first kappa shape index (κ1) is 17.2. The summed E-state index contributed by atoms with van der Waals surface area (Å²) in [7, 11) is 0. The fourth-order valence-electron chi connectivity index (χ4n) is 3.68. The van der Waals surface area contributed by atoms with E-state index in [9.17, 15) is 0 Å². The molecule has 1 saturated heterocycles. The maximum atomic E-state index is 5.57. The number of nitrogens with one attached hydrogen (secondary N) is 1. The van der Waals surface area contributed by atoms with Gasteiger partial charge in [-0.15, -0.1) is 0 Å². The molecule has 0 amide bonds. The van der Waals surface area contributed by atoms with Crippen LogP contribution in [-0.4, -0.2) is 38.0 Å². The summed E-state index contributed by atoms with van der Waals surface area (Å²) in [5.74, 6) is 2.92. The van der Waals surface area contributed by atoms with Crippen molar-refractivity contribution in [3.8, 4) is 11.5 Å². The van der Waals surface area contributed by atoms with Gasteiger partial charge in [0, 0.05) is 19.3 Å². The Morgan fingerprint density at radius 3 is 2.81 bits per heavy atom. The molecule has 2 aromatic rings. The van der Waals surface area contributed by atoms with Crippen molar-refractivity contribution in [2.24, 2.45) is 0 Å². The number of para-hydroxylation sites is 1. The van der Waals surface area contributed by atoms with Crippen LogP contribution < -0.4 is 19.7 Å². The number of ether oxygens (including phenoxy) is 2. The summed E-state index contributed by atoms with van der Waals surface area (Å²) in [6.07, 6.45) is 7.83. The van der Waals surface area contributed by atoms with Crippen LogP contribution in [0.3, 0.4) is 0 Å². The highest BCUT2D eigenvalue weighted by molar-refractivity contribution is 5.48. The number of benzene rings is 1. The third kappa shape index (κ3) is 4.10. The van der Waals surface area contributed by atoms with E-state index in [2.05, 4.69) is 33.4 Å². The zero-order valence-electron chi connectivity index (χ0n) is 15.2. The van der Waals surface area contributed by atoms with Crippen LogP contribution in [0.4, 0.5) is 5.82 Å². The van der Waals surface area contributed by atoms with Gasteiger partial charge in [0.15, 0.2) is 11.5 Å². The molecule has 0 bridgehead atoms. The molecule has 1 N–H and O–H groups in total. The summed E-state index contributed by atoms with van der Waals surface area (Å²) in [6.45, 7) is 4.52. The molecular weight excluding hydrogens is 326 g/mol. The van der Waals surface area contributed by atoms with Gasteiger partial charge in [0.25, 0.3) is 0 Å². The number of anilines is 1. The van der Waals surface area contributed by atoms with Crippen molar-refractivity contribution in [1.82, 2.24) is 10.3 Å². The average Bonchev–Trinajstić information content (AvgIpc) is 3.18. The third-order valence-corrected chi connectivity index (χ3v) is 5.13. The van der Waals surface area contributed by atoms with E-state index in [4.69, 9.17) is 9.47 Å². The van der Waals surface area contributed by atoms with Crippen LogP contribution in [-0.2, 0) is 12.8 Å². The number of nitrogens with zero attached hydrogens (tertiary/aromatic N) is 2. The van der Waals surface area contributed by atoms with Gasteiger partial charge in [0.2, 0.25) is 6.79 Å². The van der Waals surface area contributed by atoms with Gasteiger partial charge in [-0.2, -0.15) is 0 Å². The molecule has 0 radical (unpaired) electrons. The van der Waals surface area contributed by atoms with Crippen molar-refractivity contribution in [3.63, 3.8) is 0 Å². The molecule has 0 saturated carbocycles. The number of fused-ring (bicyclic) bond motifs is 1. The summed E-state index contributed by atoms with van der Waals surface area (Å²) in [5, 5.41) is 3.54. The van der Waals surface area contributed by atoms with Gasteiger partial charge in [-0.3, -0.25) is 0 Å². The third-order valence-electron chi connectivity index (χ3n) is 5.13. The zero-order chi connectivity index (χ0) is 17.6. The van der Waals surface area contributed by atoms with Gasteiger partial charge in [-0.05, 0) is 74.5 Å². The minimum absolute atomic E-state index is 0.334. The second-order valence-corrected chi connectivity index (χ2v) is 6.97. The Morgan fingerprint density at radius 1 is 1.00 bits per heavy atom. The van der Waals surface area contributed by atoms with Crippen molar-refractivity contribution in [3.05, 3.63) is 47.7 Å². The van der Waals surface area contributed by atoms with Crippen molar-refractivity contribution in [1.29, 1.82) is 0 Å². The number of pyridine rings is 1. The lowest BCUT2D eigenvalue weighted by Gasteiger charge is -2.27. The lowest BCUT2D eigenvalue weighted by Crippen LogP contribution is -2.30. The first-order valence-electron chi connectivity index (χ1n) is 9.68. The van der Waals surface area contributed by atoms with E-state index < -0.39 is 0 Å². The molecule has 0 spiro atoms. The first-order valence-corrected chi connectivity index (χ1v) is 9.68. The summed E-state index contributed by atoms with van der Waals surface area (Å²) in [4.78, 5) is 6.98. The second kappa shape index (κ2) is 8.41. The summed E-state index contributed by atoms with van der Waals surface area (Å²) in [5.41, 5.74) is 2.56. The number of rotatable bonds is 7. The van der Waals surface area contributed by atoms with Gasteiger partial charge in [0.1, 0.15) is 5.82 Å². The minimum atomic E-state index is 0.334. The fourth-order valence-corrected chi connectivity index (χ4v) is 3.68. The Hall–Kier alpha value is -2.27. The first-order chi connectivity index (χ1) is 12.9. The van der Waals surface area contributed by atoms with Crippen LogP contribution >= 0.6 is 0 Å². The zero-order valence-corrected chi connectivity index (χ0v) is 15.2. The maximum Gasteiger partial charge on any atom is 0.231 e. The van der Waals surface area contributed by atoms with Crippen molar-refractivity contribution >= 4 is 5.82 Å². The Labute approximate surface area is 155 Å². The molecule has 5 nitrogen and oxygen atoms in total. The molecule has 0 unspecified atom stereocenters. The number of hydrogen-bond acceptors (Lipinski definition) is 5.